The van der Waals surface area contributed by atoms with Gasteiger partial charge in [-0.3, -0.25) is 0 Å². The minimum absolute atomic E-state index is 0.00668. The molecule has 0 aromatic heterocycles. The van der Waals surface area contributed by atoms with E-state index >= 15 is 0 Å². The number of para-hydroxylation sites is 1. The molecule has 29 heavy (non-hydrogen) atoms. The second-order valence-electron chi connectivity index (χ2n) is 6.48. The third-order valence-electron chi connectivity index (χ3n) is 4.34. The zero-order valence-corrected chi connectivity index (χ0v) is 16.3. The van der Waals surface area contributed by atoms with Crippen molar-refractivity contribution in [2.75, 3.05) is 18.5 Å². The maximum atomic E-state index is 12.7. The van der Waals surface area contributed by atoms with E-state index in [0.29, 0.717) is 0 Å². The van der Waals surface area contributed by atoms with E-state index in [1.807, 2.05) is 32.0 Å². The number of ether oxygens (including phenoxy) is 1. The van der Waals surface area contributed by atoms with Gasteiger partial charge >= 0.3 is 12.2 Å². The van der Waals surface area contributed by atoms with E-state index in [9.17, 15) is 23.1 Å². The third-order valence-corrected chi connectivity index (χ3v) is 4.34. The van der Waals surface area contributed by atoms with Gasteiger partial charge in [0.05, 0.1) is 5.56 Å². The summed E-state index contributed by atoms with van der Waals surface area (Å²) in [4.78, 5) is 12.2. The van der Waals surface area contributed by atoms with E-state index < -0.39 is 23.9 Å². The van der Waals surface area contributed by atoms with Crippen LogP contribution in [0.15, 0.2) is 42.5 Å². The number of hydrogen-bond acceptors (Lipinski definition) is 3. The number of aliphatic hydroxyl groups excluding tert-OH is 1. The molecule has 0 aliphatic rings. The topological polar surface area (TPSA) is 70.6 Å². The third kappa shape index (κ3) is 6.67. The maximum absolute atomic E-state index is 12.7. The smallest absolute Gasteiger partial charge is 0.416 e. The maximum Gasteiger partial charge on any atom is 0.416 e. The van der Waals surface area contributed by atoms with Gasteiger partial charge in [-0.1, -0.05) is 38.1 Å². The summed E-state index contributed by atoms with van der Waals surface area (Å²) in [5, 5.41) is 15.3. The quantitative estimate of drug-likeness (QED) is 0.604. The Labute approximate surface area is 167 Å². The van der Waals surface area contributed by atoms with Crippen molar-refractivity contribution in [3.05, 3.63) is 59.2 Å². The molecule has 158 valence electrons. The summed E-state index contributed by atoms with van der Waals surface area (Å²) >= 11 is 0. The van der Waals surface area contributed by atoms with Gasteiger partial charge in [0, 0.05) is 12.2 Å². The minimum atomic E-state index is -4.47. The molecular formula is C21H25F3N2O3. The van der Waals surface area contributed by atoms with Gasteiger partial charge in [0.1, 0.15) is 18.5 Å². The molecule has 2 aromatic carbocycles. The molecule has 1 atom stereocenters. The normalized spacial score (nSPS) is 12.3. The van der Waals surface area contributed by atoms with Crippen LogP contribution in [0.5, 0.6) is 5.75 Å². The molecule has 1 unspecified atom stereocenters. The lowest BCUT2D eigenvalue weighted by Gasteiger charge is -2.17. The number of aryl methyl sites for hydroxylation is 2. The number of alkyl halides is 3. The molecule has 5 nitrogen and oxygen atoms in total. The summed E-state index contributed by atoms with van der Waals surface area (Å²) < 4.78 is 43.3. The van der Waals surface area contributed by atoms with Crippen molar-refractivity contribution in [1.29, 1.82) is 0 Å². The Morgan fingerprint density at radius 2 is 1.72 bits per heavy atom. The van der Waals surface area contributed by atoms with E-state index in [2.05, 4.69) is 10.6 Å². The largest absolute Gasteiger partial charge is 0.491 e. The summed E-state index contributed by atoms with van der Waals surface area (Å²) in [5.74, 6) is -0.00668. The van der Waals surface area contributed by atoms with Crippen LogP contribution in [0, 0.1) is 0 Å². The number of rotatable bonds is 8. The number of halogens is 3. The zero-order valence-electron chi connectivity index (χ0n) is 16.3. The number of benzene rings is 2. The molecule has 0 saturated heterocycles. The molecule has 0 aliphatic carbocycles. The van der Waals surface area contributed by atoms with Crippen molar-refractivity contribution < 1.29 is 27.8 Å². The summed E-state index contributed by atoms with van der Waals surface area (Å²) in [7, 11) is 0. The van der Waals surface area contributed by atoms with E-state index in [1.54, 1.807) is 0 Å². The van der Waals surface area contributed by atoms with Crippen molar-refractivity contribution in [1.82, 2.24) is 5.32 Å². The average Bonchev–Trinajstić information content (AvgIpc) is 2.70. The van der Waals surface area contributed by atoms with Gasteiger partial charge in [-0.05, 0) is 42.2 Å². The average molecular weight is 410 g/mol. The van der Waals surface area contributed by atoms with Crippen molar-refractivity contribution >= 4 is 11.7 Å². The lowest BCUT2D eigenvalue weighted by Crippen LogP contribution is -2.38. The van der Waals surface area contributed by atoms with Crippen molar-refractivity contribution in [2.45, 2.75) is 39.0 Å². The fourth-order valence-electron chi connectivity index (χ4n) is 2.78. The fourth-order valence-corrected chi connectivity index (χ4v) is 2.78. The summed E-state index contributed by atoms with van der Waals surface area (Å²) in [6.07, 6.45) is -4.03. The Morgan fingerprint density at radius 1 is 1.10 bits per heavy atom. The number of urea groups is 1. The number of hydrogen-bond donors (Lipinski definition) is 3. The highest BCUT2D eigenvalue weighted by Crippen LogP contribution is 2.31. The van der Waals surface area contributed by atoms with E-state index in [1.165, 1.54) is 12.1 Å². The van der Waals surface area contributed by atoms with E-state index in [-0.39, 0.29) is 18.9 Å². The van der Waals surface area contributed by atoms with Crippen molar-refractivity contribution in [3.8, 4) is 5.75 Å². The van der Waals surface area contributed by atoms with Gasteiger partial charge in [-0.15, -0.1) is 0 Å². The van der Waals surface area contributed by atoms with Crippen LogP contribution >= 0.6 is 0 Å². The number of anilines is 1. The van der Waals surface area contributed by atoms with E-state index in [0.717, 1.165) is 41.8 Å². The highest BCUT2D eigenvalue weighted by atomic mass is 19.4. The summed E-state index contributed by atoms with van der Waals surface area (Å²) in [6, 6.07) is 9.74. The Hall–Kier alpha value is -2.74. The van der Waals surface area contributed by atoms with Gasteiger partial charge in [0.2, 0.25) is 0 Å². The molecule has 3 N–H and O–H groups in total. The van der Waals surface area contributed by atoms with Crippen LogP contribution in [0.1, 0.15) is 30.5 Å². The Morgan fingerprint density at radius 3 is 2.31 bits per heavy atom. The fraction of sp³-hybridized carbons (Fsp3) is 0.381. The Bertz CT molecular complexity index is 803. The highest BCUT2D eigenvalue weighted by Gasteiger charge is 2.30. The first kappa shape index (κ1) is 22.5. The first-order chi connectivity index (χ1) is 13.7. The first-order valence-electron chi connectivity index (χ1n) is 9.38. The Balaban J connectivity index is 1.85. The van der Waals surface area contributed by atoms with Crippen LogP contribution in [-0.2, 0) is 19.0 Å². The molecule has 2 aromatic rings. The van der Waals surface area contributed by atoms with Gasteiger partial charge in [-0.2, -0.15) is 13.2 Å². The standard InChI is InChI=1S/C21H25F3N2O3/c1-3-14-7-5-8-15(4-2)19(14)26-20(28)25-12-17(27)13-29-18-10-6-9-16(11-18)21(22,23)24/h5-11,17,27H,3-4,12-13H2,1-2H3,(H2,25,26,28). The Kier molecular flexibility index (Phi) is 7.90. The van der Waals surface area contributed by atoms with E-state index in [4.69, 9.17) is 4.74 Å². The van der Waals surface area contributed by atoms with Crippen LogP contribution in [-0.4, -0.2) is 30.4 Å². The second kappa shape index (κ2) is 10.2. The minimum Gasteiger partial charge on any atom is -0.491 e. The molecule has 0 saturated carbocycles. The van der Waals surface area contributed by atoms with Crippen LogP contribution in [0.3, 0.4) is 0 Å². The number of nitrogens with one attached hydrogen (secondary N) is 2. The van der Waals surface area contributed by atoms with Gasteiger partial charge in [0.15, 0.2) is 0 Å². The summed E-state index contributed by atoms with van der Waals surface area (Å²) in [6.45, 7) is 3.62. The second-order valence-corrected chi connectivity index (χ2v) is 6.48. The van der Waals surface area contributed by atoms with Crippen LogP contribution < -0.4 is 15.4 Å². The SMILES string of the molecule is CCc1cccc(CC)c1NC(=O)NCC(O)COc1cccc(C(F)(F)F)c1. The molecule has 0 aliphatic heterocycles. The molecule has 0 spiro atoms. The molecule has 2 rings (SSSR count). The lowest BCUT2D eigenvalue weighted by atomic mass is 10.0. The number of amides is 2. The van der Waals surface area contributed by atoms with Gasteiger partial charge < -0.3 is 20.5 Å². The lowest BCUT2D eigenvalue weighted by molar-refractivity contribution is -0.137. The van der Waals surface area contributed by atoms with Crippen LogP contribution in [0.4, 0.5) is 23.7 Å². The molecule has 0 heterocycles. The zero-order chi connectivity index (χ0) is 21.4. The van der Waals surface area contributed by atoms with Gasteiger partial charge in [-0.25, -0.2) is 4.79 Å². The van der Waals surface area contributed by atoms with Crippen LogP contribution in [0.25, 0.3) is 0 Å². The van der Waals surface area contributed by atoms with Gasteiger partial charge in [0.25, 0.3) is 0 Å². The van der Waals surface area contributed by atoms with Crippen molar-refractivity contribution in [2.24, 2.45) is 0 Å². The number of aliphatic hydroxyl groups is 1. The first-order valence-corrected chi connectivity index (χ1v) is 9.38. The summed E-state index contributed by atoms with van der Waals surface area (Å²) in [5.41, 5.74) is 1.94. The molecule has 0 radical (unpaired) electrons. The predicted octanol–water partition coefficient (Wildman–Crippen LogP) is 4.39. The molecule has 8 heteroatoms. The molecule has 0 fully saturated rings. The highest BCUT2D eigenvalue weighted by molar-refractivity contribution is 5.91. The molecule has 2 amide bonds. The molecule has 0 bridgehead atoms. The number of carbonyl (C=O) groups excluding carboxylic acids is 1. The molecular weight excluding hydrogens is 385 g/mol. The van der Waals surface area contributed by atoms with Crippen molar-refractivity contribution in [3.63, 3.8) is 0 Å². The van der Waals surface area contributed by atoms with Crippen LogP contribution in [0.2, 0.25) is 0 Å². The number of carbonyl (C=O) groups is 1. The predicted molar refractivity (Wildman–Crippen MR) is 105 cm³/mol. The monoisotopic (exact) mass is 410 g/mol.